The second-order valence-corrected chi connectivity index (χ2v) is 5.80. The number of urea groups is 1. The van der Waals surface area contributed by atoms with Crippen LogP contribution in [0.25, 0.3) is 0 Å². The average Bonchev–Trinajstić information content (AvgIpc) is 3.18. The van der Waals surface area contributed by atoms with Gasteiger partial charge in [-0.1, -0.05) is 29.8 Å². The minimum Gasteiger partial charge on any atom is -0.323 e. The van der Waals surface area contributed by atoms with Crippen molar-refractivity contribution in [2.24, 2.45) is 5.92 Å². The Hall–Kier alpha value is -1.55. The molecule has 100 valence electrons. The van der Waals surface area contributed by atoms with E-state index in [1.54, 1.807) is 6.07 Å². The summed E-state index contributed by atoms with van der Waals surface area (Å²) in [6, 6.07) is 6.94. The highest BCUT2D eigenvalue weighted by Crippen LogP contribution is 2.42. The van der Waals surface area contributed by atoms with Gasteiger partial charge in [0.2, 0.25) is 0 Å². The van der Waals surface area contributed by atoms with Crippen LogP contribution in [0.1, 0.15) is 25.3 Å². The maximum absolute atomic E-state index is 12.4. The summed E-state index contributed by atoms with van der Waals surface area (Å²) in [5.74, 6) is 0.139. The zero-order chi connectivity index (χ0) is 13.6. The van der Waals surface area contributed by atoms with E-state index in [2.05, 4.69) is 5.32 Å². The van der Waals surface area contributed by atoms with Crippen LogP contribution in [0.4, 0.5) is 4.79 Å². The van der Waals surface area contributed by atoms with Gasteiger partial charge in [0.15, 0.2) is 0 Å². The first-order valence-electron chi connectivity index (χ1n) is 6.40. The van der Waals surface area contributed by atoms with Crippen molar-refractivity contribution in [3.8, 4) is 0 Å². The van der Waals surface area contributed by atoms with Gasteiger partial charge in [-0.2, -0.15) is 0 Å². The molecule has 2 fully saturated rings. The standard InChI is InChI=1S/C14H15ClN2O2/c1-14(10-6-7-10)12(18)17(13(19)16-14)8-9-4-2-3-5-11(9)15/h2-5,10H,6-8H2,1H3,(H,16,19). The Bertz CT molecular complexity index is 556. The summed E-state index contributed by atoms with van der Waals surface area (Å²) in [5, 5.41) is 3.40. The van der Waals surface area contributed by atoms with Crippen molar-refractivity contribution in [1.82, 2.24) is 10.2 Å². The smallest absolute Gasteiger partial charge is 0.323 e. The van der Waals surface area contributed by atoms with Crippen molar-refractivity contribution in [3.63, 3.8) is 0 Å². The van der Waals surface area contributed by atoms with Crippen LogP contribution in [0.3, 0.4) is 0 Å². The number of hydrogen-bond donors (Lipinski definition) is 1. The van der Waals surface area contributed by atoms with E-state index >= 15 is 0 Å². The second-order valence-electron chi connectivity index (χ2n) is 5.39. The number of amides is 3. The lowest BCUT2D eigenvalue weighted by molar-refractivity contribution is -0.131. The number of nitrogens with zero attached hydrogens (tertiary/aromatic N) is 1. The fourth-order valence-corrected chi connectivity index (χ4v) is 2.79. The minimum absolute atomic E-state index is 0.139. The largest absolute Gasteiger partial charge is 0.325 e. The third-order valence-electron chi connectivity index (χ3n) is 3.98. The molecule has 0 aromatic heterocycles. The van der Waals surface area contributed by atoms with Crippen molar-refractivity contribution in [1.29, 1.82) is 0 Å². The predicted molar refractivity (Wildman–Crippen MR) is 71.7 cm³/mol. The van der Waals surface area contributed by atoms with Crippen LogP contribution in [0.5, 0.6) is 0 Å². The third kappa shape index (κ3) is 2.00. The summed E-state index contributed by atoms with van der Waals surface area (Å²) in [6.07, 6.45) is 2.00. The van der Waals surface area contributed by atoms with Gasteiger partial charge in [0.05, 0.1) is 6.54 Å². The lowest BCUT2D eigenvalue weighted by atomic mass is 9.96. The molecule has 4 nitrogen and oxygen atoms in total. The maximum Gasteiger partial charge on any atom is 0.325 e. The molecular weight excluding hydrogens is 264 g/mol. The molecule has 1 aromatic carbocycles. The zero-order valence-corrected chi connectivity index (χ0v) is 11.4. The lowest BCUT2D eigenvalue weighted by Gasteiger charge is -2.21. The Labute approximate surface area is 116 Å². The van der Waals surface area contributed by atoms with Crippen molar-refractivity contribution in [3.05, 3.63) is 34.9 Å². The fraction of sp³-hybridized carbons (Fsp3) is 0.429. The van der Waals surface area contributed by atoms with Crippen LogP contribution < -0.4 is 5.32 Å². The summed E-state index contributed by atoms with van der Waals surface area (Å²) in [7, 11) is 0. The molecule has 1 saturated carbocycles. The van der Waals surface area contributed by atoms with E-state index in [0.717, 1.165) is 18.4 Å². The van der Waals surface area contributed by atoms with Gasteiger partial charge in [-0.15, -0.1) is 0 Å². The van der Waals surface area contributed by atoms with Crippen LogP contribution in [0, 0.1) is 5.92 Å². The predicted octanol–water partition coefficient (Wildman–Crippen LogP) is 2.56. The van der Waals surface area contributed by atoms with E-state index < -0.39 is 5.54 Å². The first kappa shape index (κ1) is 12.5. The van der Waals surface area contributed by atoms with Crippen molar-refractivity contribution in [2.75, 3.05) is 0 Å². The lowest BCUT2D eigenvalue weighted by Crippen LogP contribution is -2.46. The van der Waals surface area contributed by atoms with Gasteiger partial charge in [0.1, 0.15) is 5.54 Å². The molecule has 1 aliphatic heterocycles. The molecule has 1 N–H and O–H groups in total. The van der Waals surface area contributed by atoms with Gasteiger partial charge in [-0.25, -0.2) is 4.79 Å². The monoisotopic (exact) mass is 278 g/mol. The van der Waals surface area contributed by atoms with E-state index in [4.69, 9.17) is 11.6 Å². The number of carbonyl (C=O) groups is 2. The molecule has 19 heavy (non-hydrogen) atoms. The van der Waals surface area contributed by atoms with Gasteiger partial charge in [-0.3, -0.25) is 9.69 Å². The maximum atomic E-state index is 12.4. The number of benzene rings is 1. The van der Waals surface area contributed by atoms with Crippen molar-refractivity contribution >= 4 is 23.5 Å². The number of imide groups is 1. The summed E-state index contributed by atoms with van der Waals surface area (Å²) in [4.78, 5) is 25.7. The highest BCUT2D eigenvalue weighted by molar-refractivity contribution is 6.31. The molecule has 1 atom stereocenters. The highest BCUT2D eigenvalue weighted by Gasteiger charge is 2.55. The number of halogens is 1. The zero-order valence-electron chi connectivity index (χ0n) is 10.6. The van der Waals surface area contributed by atoms with E-state index in [1.807, 2.05) is 25.1 Å². The molecule has 1 saturated heterocycles. The Morgan fingerprint density at radius 3 is 2.68 bits per heavy atom. The molecule has 0 bridgehead atoms. The summed E-state index contributed by atoms with van der Waals surface area (Å²) < 4.78 is 0. The molecule has 1 aromatic rings. The minimum atomic E-state index is -0.724. The SMILES string of the molecule is CC1(C2CC2)NC(=O)N(Cc2ccccc2Cl)C1=O. The van der Waals surface area contributed by atoms with Crippen LogP contribution in [-0.2, 0) is 11.3 Å². The van der Waals surface area contributed by atoms with E-state index in [9.17, 15) is 9.59 Å². The normalized spacial score (nSPS) is 26.7. The molecule has 3 rings (SSSR count). The Balaban J connectivity index is 1.84. The molecular formula is C14H15ClN2O2. The van der Waals surface area contributed by atoms with Crippen LogP contribution >= 0.6 is 11.6 Å². The molecule has 0 spiro atoms. The number of rotatable bonds is 3. The molecule has 5 heteroatoms. The first-order chi connectivity index (χ1) is 9.02. The Morgan fingerprint density at radius 2 is 2.05 bits per heavy atom. The number of carbonyl (C=O) groups excluding carboxylic acids is 2. The molecule has 1 unspecified atom stereocenters. The van der Waals surface area contributed by atoms with Gasteiger partial charge in [0.25, 0.3) is 5.91 Å². The Morgan fingerprint density at radius 1 is 1.37 bits per heavy atom. The van der Waals surface area contributed by atoms with Gasteiger partial charge in [-0.05, 0) is 37.3 Å². The molecule has 1 heterocycles. The molecule has 3 amide bonds. The second kappa shape index (κ2) is 4.23. The van der Waals surface area contributed by atoms with Crippen molar-refractivity contribution < 1.29 is 9.59 Å². The van der Waals surface area contributed by atoms with Gasteiger partial charge < -0.3 is 5.32 Å². The van der Waals surface area contributed by atoms with Crippen LogP contribution in [-0.4, -0.2) is 22.4 Å². The highest BCUT2D eigenvalue weighted by atomic mass is 35.5. The summed E-state index contributed by atoms with van der Waals surface area (Å²) >= 11 is 6.07. The third-order valence-corrected chi connectivity index (χ3v) is 4.35. The van der Waals surface area contributed by atoms with E-state index in [1.165, 1.54) is 4.90 Å². The van der Waals surface area contributed by atoms with Crippen LogP contribution in [0.15, 0.2) is 24.3 Å². The van der Waals surface area contributed by atoms with Crippen LogP contribution in [0.2, 0.25) is 5.02 Å². The molecule has 1 aliphatic carbocycles. The fourth-order valence-electron chi connectivity index (χ4n) is 2.59. The molecule has 0 radical (unpaired) electrons. The summed E-state index contributed by atoms with van der Waals surface area (Å²) in [6.45, 7) is 2.05. The van der Waals surface area contributed by atoms with E-state index in [-0.39, 0.29) is 24.4 Å². The number of hydrogen-bond acceptors (Lipinski definition) is 2. The van der Waals surface area contributed by atoms with Crippen molar-refractivity contribution in [2.45, 2.75) is 31.8 Å². The molecule has 2 aliphatic rings. The summed E-state index contributed by atoms with van der Waals surface area (Å²) in [5.41, 5.74) is 0.0611. The first-order valence-corrected chi connectivity index (χ1v) is 6.77. The van der Waals surface area contributed by atoms with E-state index in [0.29, 0.717) is 5.02 Å². The quantitative estimate of drug-likeness (QED) is 0.864. The van der Waals surface area contributed by atoms with Gasteiger partial charge in [0, 0.05) is 5.02 Å². The average molecular weight is 279 g/mol. The number of nitrogens with one attached hydrogen (secondary N) is 1. The Kier molecular flexibility index (Phi) is 2.78. The van der Waals surface area contributed by atoms with Gasteiger partial charge >= 0.3 is 6.03 Å². The topological polar surface area (TPSA) is 49.4 Å².